The Bertz CT molecular complexity index is 1000. The molecular formula is C21H17F6N3O2S. The molecule has 0 radical (unpaired) electrons. The van der Waals surface area contributed by atoms with Crippen LogP contribution in [0, 0.1) is 22.7 Å². The van der Waals surface area contributed by atoms with Gasteiger partial charge in [-0.05, 0) is 61.2 Å². The Hall–Kier alpha value is -3.22. The number of hydrogen-bond acceptors (Lipinski definition) is 5. The van der Waals surface area contributed by atoms with E-state index in [1.165, 1.54) is 25.1 Å². The van der Waals surface area contributed by atoms with Crippen LogP contribution in [-0.2, 0) is 4.74 Å². The molecule has 0 heterocycles. The molecule has 0 spiro atoms. The first-order valence-corrected chi connectivity index (χ1v) is 9.72. The molecule has 1 rings (SSSR count). The van der Waals surface area contributed by atoms with Gasteiger partial charge in [-0.15, -0.1) is 0 Å². The lowest BCUT2D eigenvalue weighted by molar-refractivity contribution is -0.0878. The number of nitrogens with one attached hydrogen (secondary N) is 1. The van der Waals surface area contributed by atoms with E-state index >= 15 is 0 Å². The summed E-state index contributed by atoms with van der Waals surface area (Å²) in [5.74, 6) is -0.729. The van der Waals surface area contributed by atoms with E-state index < -0.39 is 28.7 Å². The van der Waals surface area contributed by atoms with Crippen molar-refractivity contribution in [2.75, 3.05) is 13.2 Å². The average Bonchev–Trinajstić information content (AvgIpc) is 2.71. The number of hydrogen-bond donors (Lipinski definition) is 1. The van der Waals surface area contributed by atoms with Crippen LogP contribution in [0.1, 0.15) is 17.3 Å². The number of alkyl halides is 6. The van der Waals surface area contributed by atoms with Crippen LogP contribution in [0.3, 0.4) is 0 Å². The monoisotopic (exact) mass is 489 g/mol. The average molecular weight is 489 g/mol. The van der Waals surface area contributed by atoms with Gasteiger partial charge in [0, 0.05) is 16.0 Å². The van der Waals surface area contributed by atoms with E-state index in [0.29, 0.717) is 6.08 Å². The zero-order valence-electron chi connectivity index (χ0n) is 17.0. The van der Waals surface area contributed by atoms with Crippen LogP contribution < -0.4 is 5.32 Å². The molecule has 0 fully saturated rings. The smallest absolute Gasteiger partial charge is 0.374 e. The van der Waals surface area contributed by atoms with Crippen LogP contribution in [0.25, 0.3) is 0 Å². The Balaban J connectivity index is 2.69. The molecule has 176 valence electrons. The Morgan fingerprint density at radius 1 is 1.15 bits per heavy atom. The predicted molar refractivity (Wildman–Crippen MR) is 109 cm³/mol. The number of benzene rings is 1. The Morgan fingerprint density at radius 2 is 1.76 bits per heavy atom. The number of carbonyl (C=O) groups excluding carboxylic acids is 1. The Labute approximate surface area is 190 Å². The van der Waals surface area contributed by atoms with E-state index in [4.69, 9.17) is 10.00 Å². The summed E-state index contributed by atoms with van der Waals surface area (Å²) < 4.78 is 79.6. The first-order valence-electron chi connectivity index (χ1n) is 8.91. The van der Waals surface area contributed by atoms with Crippen molar-refractivity contribution in [1.82, 2.24) is 5.32 Å². The second-order valence-corrected chi connectivity index (χ2v) is 7.75. The molecule has 0 bridgehead atoms. The van der Waals surface area contributed by atoms with Crippen molar-refractivity contribution in [3.05, 3.63) is 65.8 Å². The second-order valence-electron chi connectivity index (χ2n) is 6.61. The fourth-order valence-corrected chi connectivity index (χ4v) is 2.61. The van der Waals surface area contributed by atoms with Crippen molar-refractivity contribution in [2.24, 2.45) is 0 Å². The third-order valence-electron chi connectivity index (χ3n) is 3.76. The summed E-state index contributed by atoms with van der Waals surface area (Å²) in [5, 5.41) is 20.7. The number of thioether (sulfide) groups is 1. The minimum atomic E-state index is -4.63. The summed E-state index contributed by atoms with van der Waals surface area (Å²) in [4.78, 5) is 12.2. The molecule has 1 atom stereocenters. The molecule has 1 aromatic carbocycles. The summed E-state index contributed by atoms with van der Waals surface area (Å²) in [5.41, 5.74) is -7.26. The van der Waals surface area contributed by atoms with Crippen molar-refractivity contribution in [3.8, 4) is 12.1 Å². The van der Waals surface area contributed by atoms with Crippen molar-refractivity contribution in [1.29, 1.82) is 10.5 Å². The molecule has 0 unspecified atom stereocenters. The van der Waals surface area contributed by atoms with E-state index in [0.717, 1.165) is 18.2 Å². The number of nitrogens with zero attached hydrogens (tertiary/aromatic N) is 2. The van der Waals surface area contributed by atoms with E-state index in [9.17, 15) is 36.4 Å². The normalized spacial score (nSPS) is 14.3. The molecule has 1 N–H and O–H groups in total. The Morgan fingerprint density at radius 3 is 2.24 bits per heavy atom. The van der Waals surface area contributed by atoms with Crippen LogP contribution in [0.15, 0.2) is 65.1 Å². The highest BCUT2D eigenvalue weighted by atomic mass is 32.2. The maximum absolute atomic E-state index is 12.4. The van der Waals surface area contributed by atoms with E-state index in [1.54, 1.807) is 6.07 Å². The lowest BCUT2D eigenvalue weighted by Crippen LogP contribution is -2.48. The van der Waals surface area contributed by atoms with Crippen molar-refractivity contribution in [2.45, 2.75) is 29.0 Å². The third kappa shape index (κ3) is 10.3. The lowest BCUT2D eigenvalue weighted by atomic mass is 10.1. The Kier molecular flexibility index (Phi) is 9.77. The van der Waals surface area contributed by atoms with Gasteiger partial charge in [-0.25, -0.2) is 0 Å². The molecule has 0 aliphatic heterocycles. The standard InChI is InChI=1S/C21H17F6N3O2S/c1-14(20(22,23)24)3-4-15(11-28)9-10-32-13-19(2,12-29)30-18(31)16-5-7-17(8-6-16)33-21(25,26)27/h3-9H,1,10,13H2,2H3,(H,30,31)/b4-3-,15-9+/t19-/m0/s1. The molecule has 1 aromatic rings. The minimum Gasteiger partial charge on any atom is -0.374 e. The minimum absolute atomic E-state index is 0.0182. The number of amides is 1. The maximum atomic E-state index is 12.4. The van der Waals surface area contributed by atoms with Crippen LogP contribution in [-0.4, -0.2) is 36.3 Å². The lowest BCUT2D eigenvalue weighted by Gasteiger charge is -2.23. The van der Waals surface area contributed by atoms with Crippen LogP contribution >= 0.6 is 11.8 Å². The molecular weight excluding hydrogens is 472 g/mol. The number of allylic oxidation sites excluding steroid dienone is 4. The number of ether oxygens (including phenoxy) is 1. The summed E-state index contributed by atoms with van der Waals surface area (Å²) in [6.45, 7) is 3.58. The number of rotatable bonds is 9. The fourth-order valence-electron chi connectivity index (χ4n) is 2.07. The van der Waals surface area contributed by atoms with Gasteiger partial charge in [0.1, 0.15) is 5.54 Å². The second kappa shape index (κ2) is 11.6. The molecule has 0 aromatic heterocycles. The quantitative estimate of drug-likeness (QED) is 0.164. The zero-order chi connectivity index (χ0) is 25.3. The van der Waals surface area contributed by atoms with Gasteiger partial charge in [-0.3, -0.25) is 4.79 Å². The molecule has 5 nitrogen and oxygen atoms in total. The van der Waals surface area contributed by atoms with Gasteiger partial charge in [0.25, 0.3) is 5.91 Å². The molecule has 0 aliphatic rings. The summed E-state index contributed by atoms with van der Waals surface area (Å²) >= 11 is -0.335. The van der Waals surface area contributed by atoms with Gasteiger partial charge in [-0.2, -0.15) is 36.9 Å². The molecule has 0 saturated heterocycles. The highest BCUT2D eigenvalue weighted by Crippen LogP contribution is 2.36. The molecule has 33 heavy (non-hydrogen) atoms. The van der Waals surface area contributed by atoms with Crippen LogP contribution in [0.5, 0.6) is 0 Å². The van der Waals surface area contributed by atoms with Crippen molar-refractivity contribution < 1.29 is 35.9 Å². The van der Waals surface area contributed by atoms with E-state index in [1.807, 2.05) is 6.07 Å². The molecule has 0 aliphatic carbocycles. The van der Waals surface area contributed by atoms with E-state index in [-0.39, 0.29) is 41.0 Å². The summed E-state index contributed by atoms with van der Waals surface area (Å²) in [6.07, 6.45) is -1.91. The first-order chi connectivity index (χ1) is 15.2. The molecule has 12 heteroatoms. The zero-order valence-corrected chi connectivity index (χ0v) is 17.9. The number of halogens is 6. The van der Waals surface area contributed by atoms with Crippen molar-refractivity contribution in [3.63, 3.8) is 0 Å². The maximum Gasteiger partial charge on any atom is 0.446 e. The fraction of sp³-hybridized carbons (Fsp3) is 0.286. The first kappa shape index (κ1) is 27.8. The highest BCUT2D eigenvalue weighted by molar-refractivity contribution is 8.00. The van der Waals surface area contributed by atoms with Gasteiger partial charge in [0.2, 0.25) is 0 Å². The summed E-state index contributed by atoms with van der Waals surface area (Å²) in [6, 6.07) is 8.08. The van der Waals surface area contributed by atoms with Gasteiger partial charge in [0.15, 0.2) is 0 Å². The highest BCUT2D eigenvalue weighted by Gasteiger charge is 2.31. The van der Waals surface area contributed by atoms with Gasteiger partial charge in [-0.1, -0.05) is 6.58 Å². The van der Waals surface area contributed by atoms with Gasteiger partial charge < -0.3 is 10.1 Å². The topological polar surface area (TPSA) is 85.9 Å². The number of nitriles is 2. The van der Waals surface area contributed by atoms with Crippen LogP contribution in [0.2, 0.25) is 0 Å². The summed E-state index contributed by atoms with van der Waals surface area (Å²) in [7, 11) is 0. The van der Waals surface area contributed by atoms with Crippen molar-refractivity contribution >= 4 is 17.7 Å². The SMILES string of the molecule is C=C(/C=C\C(C#N)=C/COC[C@](C)(C#N)NC(=O)c1ccc(SC(F)(F)F)cc1)C(F)(F)F. The largest absolute Gasteiger partial charge is 0.446 e. The van der Waals surface area contributed by atoms with E-state index in [2.05, 4.69) is 11.9 Å². The molecule has 1 amide bonds. The van der Waals surface area contributed by atoms with Gasteiger partial charge in [0.05, 0.1) is 30.9 Å². The third-order valence-corrected chi connectivity index (χ3v) is 4.49. The van der Waals surface area contributed by atoms with Gasteiger partial charge >= 0.3 is 11.7 Å². The predicted octanol–water partition coefficient (Wildman–Crippen LogP) is 5.45. The van der Waals surface area contributed by atoms with Crippen LogP contribution in [0.4, 0.5) is 26.3 Å². The molecule has 0 saturated carbocycles. The number of carbonyl (C=O) groups is 1.